The number of esters is 2. The van der Waals surface area contributed by atoms with Gasteiger partial charge >= 0.3 is 11.9 Å². The van der Waals surface area contributed by atoms with Gasteiger partial charge in [-0.05, 0) is 44.9 Å². The number of hydrogen-bond acceptors (Lipinski definition) is 4. The van der Waals surface area contributed by atoms with Crippen LogP contribution in [0, 0.1) is 17.3 Å². The van der Waals surface area contributed by atoms with Gasteiger partial charge in [0.2, 0.25) is 0 Å². The zero-order chi connectivity index (χ0) is 17.9. The summed E-state index contributed by atoms with van der Waals surface area (Å²) in [5.74, 6) is 0.798. The van der Waals surface area contributed by atoms with Crippen molar-refractivity contribution in [3.63, 3.8) is 0 Å². The molecule has 134 valence electrons. The van der Waals surface area contributed by atoms with Gasteiger partial charge in [-0.25, -0.2) is 4.79 Å². The van der Waals surface area contributed by atoms with Crippen LogP contribution in [0.5, 0.6) is 0 Å². The Hall–Kier alpha value is -1.58. The molecule has 0 radical (unpaired) electrons. The SMILES string of the molecule is C=CC1CC/C(=C\C)C(=O)O1.CCC1C2CCC1(C(C)C)C(=O)O2. The summed E-state index contributed by atoms with van der Waals surface area (Å²) in [6.07, 6.45) is 8.53. The lowest BCUT2D eigenvalue weighted by molar-refractivity contribution is -0.155. The Bertz CT molecular complexity index is 534. The molecule has 2 bridgehead atoms. The van der Waals surface area contributed by atoms with Gasteiger partial charge in [-0.2, -0.15) is 0 Å². The molecule has 0 N–H and O–H groups in total. The molecule has 2 aliphatic heterocycles. The van der Waals surface area contributed by atoms with Crippen LogP contribution in [0.2, 0.25) is 0 Å². The van der Waals surface area contributed by atoms with E-state index in [1.807, 2.05) is 13.0 Å². The minimum atomic E-state index is -0.191. The van der Waals surface area contributed by atoms with E-state index < -0.39 is 0 Å². The minimum Gasteiger partial charge on any atom is -0.462 e. The van der Waals surface area contributed by atoms with Gasteiger partial charge in [0.1, 0.15) is 12.2 Å². The van der Waals surface area contributed by atoms with Crippen LogP contribution >= 0.6 is 0 Å². The summed E-state index contributed by atoms with van der Waals surface area (Å²) >= 11 is 0. The number of carbonyl (C=O) groups is 2. The molecule has 0 aromatic rings. The quantitative estimate of drug-likeness (QED) is 0.441. The summed E-state index contributed by atoms with van der Waals surface area (Å²) in [4.78, 5) is 22.8. The number of rotatable bonds is 3. The maximum Gasteiger partial charge on any atom is 0.334 e. The van der Waals surface area contributed by atoms with Crippen molar-refractivity contribution in [2.75, 3.05) is 0 Å². The third-order valence-electron chi connectivity index (χ3n) is 5.89. The molecule has 2 saturated heterocycles. The Morgan fingerprint density at radius 3 is 2.42 bits per heavy atom. The van der Waals surface area contributed by atoms with E-state index in [2.05, 4.69) is 27.4 Å². The highest BCUT2D eigenvalue weighted by Crippen LogP contribution is 2.57. The van der Waals surface area contributed by atoms with E-state index >= 15 is 0 Å². The van der Waals surface area contributed by atoms with Crippen LogP contribution in [0.25, 0.3) is 0 Å². The highest BCUT2D eigenvalue weighted by molar-refractivity contribution is 5.89. The normalized spacial score (nSPS) is 36.2. The molecule has 0 spiro atoms. The fourth-order valence-electron chi connectivity index (χ4n) is 4.42. The average Bonchev–Trinajstić information content (AvgIpc) is 3.07. The van der Waals surface area contributed by atoms with Crippen molar-refractivity contribution in [3.05, 3.63) is 24.3 Å². The standard InChI is InChI=1S/C11H18O2.C9H12O2/c1-4-8-9-5-6-11(8,7(2)3)10(12)13-9;1-3-7-5-6-8(4-2)11-9(7)10/h7-9H,4-6H2,1-3H3;3-4,8H,2,5-6H2,1H3/b;7-3+. The van der Waals surface area contributed by atoms with Crippen molar-refractivity contribution >= 4 is 11.9 Å². The molecule has 2 heterocycles. The molecule has 3 aliphatic rings. The van der Waals surface area contributed by atoms with Crippen molar-refractivity contribution in [1.29, 1.82) is 0 Å². The fourth-order valence-corrected chi connectivity index (χ4v) is 4.42. The Labute approximate surface area is 145 Å². The van der Waals surface area contributed by atoms with Gasteiger partial charge in [-0.3, -0.25) is 4.79 Å². The maximum absolute atomic E-state index is 11.7. The van der Waals surface area contributed by atoms with Gasteiger partial charge in [-0.1, -0.05) is 39.5 Å². The van der Waals surface area contributed by atoms with Gasteiger partial charge in [0.25, 0.3) is 0 Å². The van der Waals surface area contributed by atoms with Crippen LogP contribution in [0.15, 0.2) is 24.3 Å². The van der Waals surface area contributed by atoms with Crippen molar-refractivity contribution in [1.82, 2.24) is 0 Å². The molecule has 4 nitrogen and oxygen atoms in total. The van der Waals surface area contributed by atoms with Crippen LogP contribution in [0.3, 0.4) is 0 Å². The second-order valence-electron chi connectivity index (χ2n) is 7.22. The summed E-state index contributed by atoms with van der Waals surface area (Å²) < 4.78 is 10.4. The van der Waals surface area contributed by atoms with Crippen molar-refractivity contribution in [2.24, 2.45) is 17.3 Å². The third kappa shape index (κ3) is 3.15. The van der Waals surface area contributed by atoms with Crippen LogP contribution < -0.4 is 0 Å². The average molecular weight is 334 g/mol. The smallest absolute Gasteiger partial charge is 0.334 e. The van der Waals surface area contributed by atoms with Gasteiger partial charge in [0, 0.05) is 11.5 Å². The van der Waals surface area contributed by atoms with Crippen molar-refractivity contribution in [2.45, 2.75) is 72.0 Å². The third-order valence-corrected chi connectivity index (χ3v) is 5.89. The first-order chi connectivity index (χ1) is 11.4. The van der Waals surface area contributed by atoms with Crippen molar-refractivity contribution < 1.29 is 19.1 Å². The lowest BCUT2D eigenvalue weighted by Gasteiger charge is -2.30. The number of hydrogen-bond donors (Lipinski definition) is 0. The number of cyclic esters (lactones) is 1. The first-order valence-corrected chi connectivity index (χ1v) is 9.10. The molecule has 24 heavy (non-hydrogen) atoms. The zero-order valence-electron chi connectivity index (χ0n) is 15.3. The predicted octanol–water partition coefficient (Wildman–Crippen LogP) is 4.20. The van der Waals surface area contributed by atoms with Gasteiger partial charge in [-0.15, -0.1) is 0 Å². The van der Waals surface area contributed by atoms with E-state index in [-0.39, 0.29) is 29.6 Å². The largest absolute Gasteiger partial charge is 0.462 e. The van der Waals surface area contributed by atoms with Gasteiger partial charge < -0.3 is 9.47 Å². The van der Waals surface area contributed by atoms with E-state index in [0.29, 0.717) is 11.8 Å². The Morgan fingerprint density at radius 2 is 2.00 bits per heavy atom. The molecule has 4 heteroatoms. The number of ether oxygens (including phenoxy) is 2. The monoisotopic (exact) mass is 334 g/mol. The van der Waals surface area contributed by atoms with Crippen LogP contribution in [0.1, 0.15) is 59.8 Å². The molecular weight excluding hydrogens is 304 g/mol. The van der Waals surface area contributed by atoms with Gasteiger partial charge in [0.15, 0.2) is 0 Å². The molecule has 0 aromatic heterocycles. The van der Waals surface area contributed by atoms with E-state index in [1.54, 1.807) is 6.08 Å². The van der Waals surface area contributed by atoms with E-state index in [9.17, 15) is 9.59 Å². The molecular formula is C20H30O4. The summed E-state index contributed by atoms with van der Waals surface area (Å²) in [5.41, 5.74) is 0.655. The second kappa shape index (κ2) is 7.54. The van der Waals surface area contributed by atoms with Crippen molar-refractivity contribution in [3.8, 4) is 0 Å². The van der Waals surface area contributed by atoms with Crippen LogP contribution in [-0.2, 0) is 19.1 Å². The second-order valence-corrected chi connectivity index (χ2v) is 7.22. The molecule has 1 aliphatic carbocycles. The van der Waals surface area contributed by atoms with E-state index in [1.165, 1.54) is 0 Å². The number of carbonyl (C=O) groups excluding carboxylic acids is 2. The summed E-state index contributed by atoms with van der Waals surface area (Å²) in [7, 11) is 0. The maximum atomic E-state index is 11.7. The Morgan fingerprint density at radius 1 is 1.29 bits per heavy atom. The topological polar surface area (TPSA) is 52.6 Å². The van der Waals surface area contributed by atoms with E-state index in [4.69, 9.17) is 9.47 Å². The predicted molar refractivity (Wildman–Crippen MR) is 93.2 cm³/mol. The fraction of sp³-hybridized carbons (Fsp3) is 0.700. The minimum absolute atomic E-state index is 0.0746. The summed E-state index contributed by atoms with van der Waals surface area (Å²) in [6.45, 7) is 11.9. The van der Waals surface area contributed by atoms with Crippen LogP contribution in [0.4, 0.5) is 0 Å². The molecule has 0 aromatic carbocycles. The first kappa shape index (κ1) is 18.8. The summed E-state index contributed by atoms with van der Waals surface area (Å²) in [6, 6.07) is 0. The van der Waals surface area contributed by atoms with E-state index in [0.717, 1.165) is 37.7 Å². The molecule has 3 rings (SSSR count). The number of allylic oxidation sites excluding steroid dienone is 1. The Kier molecular flexibility index (Phi) is 5.89. The molecule has 4 atom stereocenters. The number of fused-ring (bicyclic) bond motifs is 2. The lowest BCUT2D eigenvalue weighted by atomic mass is 9.69. The highest BCUT2D eigenvalue weighted by Gasteiger charge is 2.62. The molecule has 3 fully saturated rings. The zero-order valence-corrected chi connectivity index (χ0v) is 15.3. The highest BCUT2D eigenvalue weighted by atomic mass is 16.6. The molecule has 1 saturated carbocycles. The molecule has 0 amide bonds. The molecule has 4 unspecified atom stereocenters. The van der Waals surface area contributed by atoms with Gasteiger partial charge in [0.05, 0.1) is 5.41 Å². The Balaban J connectivity index is 0.000000177. The first-order valence-electron chi connectivity index (χ1n) is 9.10. The lowest BCUT2D eigenvalue weighted by Crippen LogP contribution is -2.36. The van der Waals surface area contributed by atoms with Crippen LogP contribution in [-0.4, -0.2) is 24.1 Å². The summed E-state index contributed by atoms with van der Waals surface area (Å²) in [5, 5.41) is 0.